The molecule has 14 nitrogen and oxygen atoms in total. The number of para-hydroxylation sites is 1. The number of aromatic hydroxyl groups is 1. The number of fused-ring (bicyclic) bond motifs is 2. The summed E-state index contributed by atoms with van der Waals surface area (Å²) in [5, 5.41) is 35.4. The minimum atomic E-state index is -4.80. The molecule has 5 N–H and O–H groups in total. The Labute approximate surface area is 254 Å². The first-order valence-corrected chi connectivity index (χ1v) is 15.9. The molecule has 0 fully saturated rings. The van der Waals surface area contributed by atoms with E-state index in [-0.39, 0.29) is 44.8 Å². The summed E-state index contributed by atoms with van der Waals surface area (Å²) in [6.07, 6.45) is 0. The lowest BCUT2D eigenvalue weighted by molar-refractivity contribution is -0.432. The molecule has 0 atom stereocenters. The first kappa shape index (κ1) is 31.1. The lowest BCUT2D eigenvalue weighted by Gasteiger charge is -2.16. The molecule has 0 aromatic heterocycles. The maximum atomic E-state index is 12.3. The van der Waals surface area contributed by atoms with E-state index in [1.807, 2.05) is 0 Å². The second kappa shape index (κ2) is 12.7. The Balaban J connectivity index is 1.67. The van der Waals surface area contributed by atoms with E-state index < -0.39 is 35.8 Å². The molecule has 0 spiro atoms. The Morgan fingerprint density at radius 2 is 1.55 bits per heavy atom. The third kappa shape index (κ3) is 6.74. The fourth-order valence-corrected chi connectivity index (χ4v) is 6.23. The first-order chi connectivity index (χ1) is 21.0. The maximum Gasteiger partial charge on any atom is 0.297 e. The second-order valence-corrected chi connectivity index (χ2v) is 12.5. The maximum absolute atomic E-state index is 12.3. The van der Waals surface area contributed by atoms with Crippen molar-refractivity contribution in [1.82, 2.24) is 0 Å². The molecule has 0 saturated heterocycles. The van der Waals surface area contributed by atoms with Crippen LogP contribution in [0.4, 0.5) is 17.1 Å². The summed E-state index contributed by atoms with van der Waals surface area (Å²) >= 11 is 0.347. The number of hydrogen-bond acceptors (Lipinski definition) is 13. The van der Waals surface area contributed by atoms with E-state index in [4.69, 9.17) is 9.99 Å². The van der Waals surface area contributed by atoms with Crippen LogP contribution in [-0.2, 0) is 29.6 Å². The van der Waals surface area contributed by atoms with Crippen molar-refractivity contribution in [3.8, 4) is 11.5 Å². The van der Waals surface area contributed by atoms with Gasteiger partial charge in [0.1, 0.15) is 22.0 Å². The van der Waals surface area contributed by atoms with Crippen LogP contribution in [0.15, 0.2) is 110 Å². The Bertz CT molecular complexity index is 2110. The monoisotopic (exact) mass is 659 g/mol. The summed E-state index contributed by atoms with van der Waals surface area (Å²) in [5.74, 6) is -0.104. The van der Waals surface area contributed by atoms with Gasteiger partial charge in [0.25, 0.3) is 20.2 Å². The average Bonchev–Trinajstić information content (AvgIpc) is 2.98. The molecule has 0 aliphatic heterocycles. The summed E-state index contributed by atoms with van der Waals surface area (Å²) in [5.41, 5.74) is -0.585. The molecular weight excluding hydrogens is 639 g/mol. The Morgan fingerprint density at radius 3 is 2.25 bits per heavy atom. The van der Waals surface area contributed by atoms with Crippen LogP contribution >= 0.6 is 12.0 Å². The number of nitrogens with zero attached hydrogens (tertiary/aromatic N) is 2. The van der Waals surface area contributed by atoms with Crippen LogP contribution in [0, 0.1) is 0 Å². The third-order valence-electron chi connectivity index (χ3n) is 6.19. The van der Waals surface area contributed by atoms with Gasteiger partial charge in [-0.1, -0.05) is 53.6 Å². The number of anilines is 1. The molecule has 0 heterocycles. The van der Waals surface area contributed by atoms with E-state index >= 15 is 0 Å². The van der Waals surface area contributed by atoms with Gasteiger partial charge in [0.2, 0.25) is 0 Å². The molecule has 0 unspecified atom stereocenters. The van der Waals surface area contributed by atoms with Gasteiger partial charge in [0, 0.05) is 16.5 Å². The van der Waals surface area contributed by atoms with Crippen molar-refractivity contribution in [3.63, 3.8) is 0 Å². The lowest BCUT2D eigenvalue weighted by Crippen LogP contribution is -2.10. The van der Waals surface area contributed by atoms with E-state index in [0.717, 1.165) is 12.1 Å². The van der Waals surface area contributed by atoms with E-state index in [1.165, 1.54) is 18.2 Å². The van der Waals surface area contributed by atoms with Crippen LogP contribution in [0.5, 0.6) is 11.5 Å². The molecule has 5 aromatic carbocycles. The van der Waals surface area contributed by atoms with Crippen LogP contribution in [0.3, 0.4) is 0 Å². The SMILES string of the molecule is O=S(=O)(O)c1cc(NCOc2ccccc2)c2c(O)c(N=Nc3ccc4ccccc4c3S(=O)(=O)O)c(SOOO)cc2c1. The summed E-state index contributed by atoms with van der Waals surface area (Å²) in [6, 6.07) is 21.3. The molecule has 0 bridgehead atoms. The van der Waals surface area contributed by atoms with Crippen molar-refractivity contribution in [3.05, 3.63) is 84.9 Å². The predicted molar refractivity (Wildman–Crippen MR) is 160 cm³/mol. The molecular formula is C27H21N3O11S3. The lowest BCUT2D eigenvalue weighted by atomic mass is 10.1. The van der Waals surface area contributed by atoms with E-state index in [2.05, 4.69) is 24.9 Å². The van der Waals surface area contributed by atoms with Gasteiger partial charge in [-0.3, -0.25) is 9.11 Å². The Morgan fingerprint density at radius 1 is 0.818 bits per heavy atom. The molecule has 228 valence electrons. The van der Waals surface area contributed by atoms with Crippen LogP contribution in [0.2, 0.25) is 0 Å². The zero-order valence-corrected chi connectivity index (χ0v) is 24.5. The quantitative estimate of drug-likeness (QED) is 0.0257. The standard InChI is InChI=1S/C27H21N3O11S3/c31-26-24-17(12-19(43(33,34)35)14-22(24)28-15-39-18-7-2-1-3-8-18)13-23(42-41-40-32)25(26)30-29-21-11-10-16-6-4-5-9-20(16)27(21)44(36,37)38/h1-14,28,31-32H,15H2,(H,33,34,35)(H,36,37,38). The molecule has 0 aliphatic rings. The highest BCUT2D eigenvalue weighted by atomic mass is 32.2. The van der Waals surface area contributed by atoms with Crippen molar-refractivity contribution in [1.29, 1.82) is 0 Å². The van der Waals surface area contributed by atoms with Crippen molar-refractivity contribution in [2.75, 3.05) is 12.0 Å². The zero-order chi connectivity index (χ0) is 31.5. The summed E-state index contributed by atoms with van der Waals surface area (Å²) in [6.45, 7) is -0.197. The van der Waals surface area contributed by atoms with Gasteiger partial charge < -0.3 is 15.2 Å². The number of hydrogen-bond donors (Lipinski definition) is 5. The smallest absolute Gasteiger partial charge is 0.297 e. The van der Waals surface area contributed by atoms with Gasteiger partial charge in [0.05, 0.1) is 21.8 Å². The van der Waals surface area contributed by atoms with Gasteiger partial charge in [-0.25, -0.2) is 5.26 Å². The van der Waals surface area contributed by atoms with Crippen molar-refractivity contribution in [2.24, 2.45) is 10.2 Å². The van der Waals surface area contributed by atoms with Crippen molar-refractivity contribution < 1.29 is 50.4 Å². The van der Waals surface area contributed by atoms with Gasteiger partial charge in [-0.15, -0.1) is 14.6 Å². The van der Waals surface area contributed by atoms with Crippen LogP contribution in [0.25, 0.3) is 21.5 Å². The molecule has 0 amide bonds. The summed E-state index contributed by atoms with van der Waals surface area (Å²) in [7, 11) is -9.51. The number of phenols is 1. The first-order valence-electron chi connectivity index (χ1n) is 12.3. The van der Waals surface area contributed by atoms with Crippen molar-refractivity contribution >= 4 is 70.9 Å². The minimum Gasteiger partial charge on any atom is -0.505 e. The predicted octanol–water partition coefficient (Wildman–Crippen LogP) is 6.48. The number of nitrogens with one attached hydrogen (secondary N) is 1. The number of rotatable bonds is 11. The third-order valence-corrected chi connectivity index (χ3v) is 8.59. The molecule has 44 heavy (non-hydrogen) atoms. The molecule has 0 aliphatic carbocycles. The fraction of sp³-hybridized carbons (Fsp3) is 0.0370. The number of azo groups is 1. The normalized spacial score (nSPS) is 12.2. The molecule has 0 saturated carbocycles. The van der Waals surface area contributed by atoms with Gasteiger partial charge in [0.15, 0.2) is 12.5 Å². The minimum absolute atomic E-state index is 0.000197. The average molecular weight is 660 g/mol. The highest BCUT2D eigenvalue weighted by Gasteiger charge is 2.23. The largest absolute Gasteiger partial charge is 0.505 e. The van der Waals surface area contributed by atoms with E-state index in [1.54, 1.807) is 54.6 Å². The number of benzene rings is 5. The van der Waals surface area contributed by atoms with Gasteiger partial charge in [-0.05, 0) is 47.2 Å². The topological polar surface area (TPSA) is 214 Å². The number of phenolic OH excluding ortho intramolecular Hbond substituents is 1. The second-order valence-electron chi connectivity index (χ2n) is 8.93. The van der Waals surface area contributed by atoms with Gasteiger partial charge in [-0.2, -0.15) is 16.8 Å². The van der Waals surface area contributed by atoms with Crippen LogP contribution in [0.1, 0.15) is 0 Å². The highest BCUT2D eigenvalue weighted by molar-refractivity contribution is 7.94. The summed E-state index contributed by atoms with van der Waals surface area (Å²) in [4.78, 5) is -1.13. The summed E-state index contributed by atoms with van der Waals surface area (Å²) < 4.78 is 78.6. The number of ether oxygens (including phenoxy) is 1. The molecule has 0 radical (unpaired) electrons. The highest BCUT2D eigenvalue weighted by Crippen LogP contribution is 2.47. The molecule has 5 aromatic rings. The van der Waals surface area contributed by atoms with Crippen LogP contribution in [-0.4, -0.2) is 43.0 Å². The van der Waals surface area contributed by atoms with Crippen LogP contribution < -0.4 is 10.1 Å². The Kier molecular flexibility index (Phi) is 9.00. The molecule has 17 heteroatoms. The van der Waals surface area contributed by atoms with Crippen molar-refractivity contribution in [2.45, 2.75) is 14.7 Å². The Hall–Kier alpha value is -4.33. The zero-order valence-electron chi connectivity index (χ0n) is 22.1. The fourth-order valence-electron chi connectivity index (χ4n) is 4.36. The molecule has 5 rings (SSSR count). The van der Waals surface area contributed by atoms with E-state index in [9.17, 15) is 31.0 Å². The van der Waals surface area contributed by atoms with E-state index in [0.29, 0.717) is 23.2 Å². The van der Waals surface area contributed by atoms with Gasteiger partial charge >= 0.3 is 0 Å².